The fourth-order valence-electron chi connectivity index (χ4n) is 1.85. The first-order chi connectivity index (χ1) is 7.77. The van der Waals surface area contributed by atoms with Crippen LogP contribution in [-0.2, 0) is 0 Å². The second kappa shape index (κ2) is 8.06. The molecule has 0 aromatic carbocycles. The van der Waals surface area contributed by atoms with E-state index in [0.29, 0.717) is 12.8 Å². The highest BCUT2D eigenvalue weighted by molar-refractivity contribution is 4.77. The van der Waals surface area contributed by atoms with Crippen molar-refractivity contribution in [2.75, 3.05) is 6.61 Å². The average molecular weight is 246 g/mol. The summed E-state index contributed by atoms with van der Waals surface area (Å²) in [6.45, 7) is 5.69. The summed E-state index contributed by atoms with van der Waals surface area (Å²) < 4.78 is 0. The van der Waals surface area contributed by atoms with Crippen LogP contribution in [0.25, 0.3) is 0 Å². The minimum atomic E-state index is -0.689. The van der Waals surface area contributed by atoms with Crippen LogP contribution in [-0.4, -0.2) is 33.1 Å². The molecule has 3 heteroatoms. The van der Waals surface area contributed by atoms with Crippen molar-refractivity contribution in [2.45, 2.75) is 83.3 Å². The van der Waals surface area contributed by atoms with Crippen LogP contribution in [0.2, 0.25) is 0 Å². The van der Waals surface area contributed by atoms with Gasteiger partial charge in [0.1, 0.15) is 0 Å². The van der Waals surface area contributed by atoms with E-state index in [1.54, 1.807) is 13.8 Å². The average Bonchev–Trinajstić information content (AvgIpc) is 2.20. The number of hydrogen-bond acceptors (Lipinski definition) is 3. The van der Waals surface area contributed by atoms with Gasteiger partial charge in [0.2, 0.25) is 0 Å². The first-order valence-electron chi connectivity index (χ1n) is 6.82. The quantitative estimate of drug-likeness (QED) is 0.519. The van der Waals surface area contributed by atoms with Crippen LogP contribution >= 0.6 is 0 Å². The maximum Gasteiger partial charge on any atom is 0.0620 e. The van der Waals surface area contributed by atoms with E-state index in [9.17, 15) is 10.2 Å². The zero-order valence-corrected chi connectivity index (χ0v) is 11.7. The summed E-state index contributed by atoms with van der Waals surface area (Å²) in [7, 11) is 0. The lowest BCUT2D eigenvalue weighted by molar-refractivity contribution is -0.000190. The van der Waals surface area contributed by atoms with Crippen molar-refractivity contribution in [2.24, 2.45) is 0 Å². The van der Waals surface area contributed by atoms with E-state index in [1.165, 1.54) is 0 Å². The number of rotatable bonds is 10. The van der Waals surface area contributed by atoms with Crippen LogP contribution < -0.4 is 0 Å². The van der Waals surface area contributed by atoms with E-state index in [4.69, 9.17) is 5.11 Å². The van der Waals surface area contributed by atoms with Crippen LogP contribution in [0.4, 0.5) is 0 Å². The lowest BCUT2D eigenvalue weighted by atomic mass is 9.88. The minimum absolute atomic E-state index is 0.281. The van der Waals surface area contributed by atoms with Crippen molar-refractivity contribution in [3.8, 4) is 0 Å². The van der Waals surface area contributed by atoms with Crippen molar-refractivity contribution in [1.29, 1.82) is 0 Å². The molecule has 0 saturated carbocycles. The highest BCUT2D eigenvalue weighted by Crippen LogP contribution is 2.24. The van der Waals surface area contributed by atoms with Gasteiger partial charge in [-0.25, -0.2) is 0 Å². The molecule has 0 bridgehead atoms. The molecule has 0 rings (SSSR count). The fourth-order valence-corrected chi connectivity index (χ4v) is 1.85. The summed E-state index contributed by atoms with van der Waals surface area (Å²) in [6.07, 6.45) is 7.28. The lowest BCUT2D eigenvalue weighted by Gasteiger charge is -2.27. The number of aliphatic hydroxyl groups excluding tert-OH is 1. The molecule has 3 N–H and O–H groups in total. The molecule has 0 aliphatic rings. The maximum atomic E-state index is 10.1. The molecule has 0 fully saturated rings. The molecule has 0 radical (unpaired) electrons. The zero-order chi connectivity index (χ0) is 13.4. The zero-order valence-electron chi connectivity index (χ0n) is 11.7. The molecule has 0 amide bonds. The van der Waals surface area contributed by atoms with Gasteiger partial charge in [0.15, 0.2) is 0 Å². The van der Waals surface area contributed by atoms with Crippen LogP contribution in [0, 0.1) is 0 Å². The molecule has 17 heavy (non-hydrogen) atoms. The van der Waals surface area contributed by atoms with Gasteiger partial charge in [-0.3, -0.25) is 0 Å². The molecule has 1 unspecified atom stereocenters. The van der Waals surface area contributed by atoms with Crippen molar-refractivity contribution in [1.82, 2.24) is 0 Å². The van der Waals surface area contributed by atoms with Crippen LogP contribution in [0.3, 0.4) is 0 Å². The van der Waals surface area contributed by atoms with Gasteiger partial charge in [0.25, 0.3) is 0 Å². The molecule has 0 spiro atoms. The minimum Gasteiger partial charge on any atom is -0.396 e. The first-order valence-corrected chi connectivity index (χ1v) is 6.82. The molecular weight excluding hydrogens is 216 g/mol. The monoisotopic (exact) mass is 246 g/mol. The van der Waals surface area contributed by atoms with E-state index in [-0.39, 0.29) is 6.61 Å². The molecule has 0 heterocycles. The van der Waals surface area contributed by atoms with Gasteiger partial charge in [-0.1, -0.05) is 25.7 Å². The third kappa shape index (κ3) is 12.1. The van der Waals surface area contributed by atoms with Crippen LogP contribution in [0.1, 0.15) is 72.1 Å². The molecule has 0 aromatic heterocycles. The summed E-state index contributed by atoms with van der Waals surface area (Å²) in [6, 6.07) is 0. The molecule has 1 atom stereocenters. The normalized spacial score (nSPS) is 15.9. The van der Waals surface area contributed by atoms with Gasteiger partial charge < -0.3 is 15.3 Å². The highest BCUT2D eigenvalue weighted by Gasteiger charge is 2.23. The van der Waals surface area contributed by atoms with Crippen molar-refractivity contribution in [3.05, 3.63) is 0 Å². The van der Waals surface area contributed by atoms with Crippen LogP contribution in [0.15, 0.2) is 0 Å². The Bertz CT molecular complexity index is 182. The second-order valence-corrected chi connectivity index (χ2v) is 6.05. The van der Waals surface area contributed by atoms with Gasteiger partial charge >= 0.3 is 0 Å². The Morgan fingerprint density at radius 2 is 1.24 bits per heavy atom. The van der Waals surface area contributed by atoms with Gasteiger partial charge in [-0.2, -0.15) is 0 Å². The predicted octanol–water partition coefficient (Wildman–Crippen LogP) is 2.62. The predicted molar refractivity (Wildman–Crippen MR) is 70.9 cm³/mol. The van der Waals surface area contributed by atoms with Gasteiger partial charge in [-0.05, 0) is 46.5 Å². The summed E-state index contributed by atoms with van der Waals surface area (Å²) in [5.41, 5.74) is -1.35. The lowest BCUT2D eigenvalue weighted by Crippen LogP contribution is -2.29. The number of aliphatic hydroxyl groups is 3. The Hall–Kier alpha value is -0.120. The molecule has 104 valence electrons. The Morgan fingerprint density at radius 3 is 1.76 bits per heavy atom. The third-order valence-electron chi connectivity index (χ3n) is 3.15. The largest absolute Gasteiger partial charge is 0.396 e. The van der Waals surface area contributed by atoms with Gasteiger partial charge in [0, 0.05) is 6.61 Å². The Morgan fingerprint density at radius 1 is 0.706 bits per heavy atom. The molecule has 3 nitrogen and oxygen atoms in total. The third-order valence-corrected chi connectivity index (χ3v) is 3.15. The van der Waals surface area contributed by atoms with Crippen LogP contribution in [0.5, 0.6) is 0 Å². The van der Waals surface area contributed by atoms with Crippen molar-refractivity contribution >= 4 is 0 Å². The smallest absolute Gasteiger partial charge is 0.0620 e. The molecule has 0 aliphatic heterocycles. The summed E-state index contributed by atoms with van der Waals surface area (Å²) in [5.74, 6) is 0. The summed E-state index contributed by atoms with van der Waals surface area (Å²) >= 11 is 0. The number of hydrogen-bond donors (Lipinski definition) is 3. The number of unbranched alkanes of at least 4 members (excludes halogenated alkanes) is 4. The molecule has 0 aromatic rings. The van der Waals surface area contributed by atoms with Gasteiger partial charge in [0.05, 0.1) is 11.2 Å². The maximum absolute atomic E-state index is 10.1. The SMILES string of the molecule is CC(C)(O)CCC(C)(O)CCCCCCCO. The highest BCUT2D eigenvalue weighted by atomic mass is 16.3. The van der Waals surface area contributed by atoms with Gasteiger partial charge in [-0.15, -0.1) is 0 Å². The fraction of sp³-hybridized carbons (Fsp3) is 1.00. The summed E-state index contributed by atoms with van der Waals surface area (Å²) in [5, 5.41) is 28.4. The Kier molecular flexibility index (Phi) is 8.01. The second-order valence-electron chi connectivity index (χ2n) is 6.05. The molecule has 0 saturated heterocycles. The van der Waals surface area contributed by atoms with E-state index >= 15 is 0 Å². The molecular formula is C14H30O3. The Balaban J connectivity index is 3.57. The van der Waals surface area contributed by atoms with E-state index < -0.39 is 11.2 Å². The standard InChI is InChI=1S/C14H30O3/c1-13(2,16)10-11-14(3,17)9-7-5-4-6-8-12-15/h15-17H,4-12H2,1-3H3. The van der Waals surface area contributed by atoms with E-state index in [2.05, 4.69) is 0 Å². The van der Waals surface area contributed by atoms with E-state index in [0.717, 1.165) is 38.5 Å². The van der Waals surface area contributed by atoms with Crippen molar-refractivity contribution < 1.29 is 15.3 Å². The topological polar surface area (TPSA) is 60.7 Å². The first kappa shape index (κ1) is 16.9. The van der Waals surface area contributed by atoms with E-state index in [1.807, 2.05) is 6.92 Å². The Labute approximate surface area is 106 Å². The molecule has 0 aliphatic carbocycles. The summed E-state index contributed by atoms with van der Waals surface area (Å²) in [4.78, 5) is 0. The van der Waals surface area contributed by atoms with Crippen molar-refractivity contribution in [3.63, 3.8) is 0 Å².